The van der Waals surface area contributed by atoms with Crippen LogP contribution in [-0.4, -0.2) is 33.4 Å². The first-order valence-electron chi connectivity index (χ1n) is 7.60. The molecular weight excluding hydrogens is 358 g/mol. The number of hydrogen-bond acceptors (Lipinski definition) is 5. The number of anilines is 1. The van der Waals surface area contributed by atoms with Crippen LogP contribution in [0.4, 0.5) is 5.69 Å². The Morgan fingerprint density at radius 3 is 2.12 bits per heavy atom. The number of nitrogens with two attached hydrogens (primary N) is 1. The highest BCUT2D eigenvalue weighted by atomic mass is 32.2. The summed E-state index contributed by atoms with van der Waals surface area (Å²) >= 11 is 0. The second-order valence-corrected chi connectivity index (χ2v) is 7.16. The van der Waals surface area contributed by atoms with E-state index in [0.29, 0.717) is 17.0 Å². The molecule has 138 valence electrons. The van der Waals surface area contributed by atoms with Crippen LogP contribution in [-0.2, 0) is 14.8 Å². The monoisotopic (exact) mass is 377 g/mol. The number of hydrogen-bond donors (Lipinski definition) is 3. The fourth-order valence-electron chi connectivity index (χ4n) is 2.08. The van der Waals surface area contributed by atoms with E-state index in [9.17, 15) is 18.0 Å². The molecular formula is C17H19N3O5S. The first-order chi connectivity index (χ1) is 12.2. The Bertz CT molecular complexity index is 893. The molecule has 0 fully saturated rings. The maximum absolute atomic E-state index is 12.3. The van der Waals surface area contributed by atoms with Gasteiger partial charge in [-0.25, -0.2) is 8.42 Å². The van der Waals surface area contributed by atoms with Crippen LogP contribution in [0.5, 0.6) is 5.75 Å². The molecule has 2 aromatic rings. The van der Waals surface area contributed by atoms with Crippen molar-refractivity contribution in [3.8, 4) is 5.75 Å². The fraction of sp³-hybridized carbons (Fsp3) is 0.176. The normalized spacial score (nSPS) is 12.2. The third-order valence-electron chi connectivity index (χ3n) is 3.53. The standard InChI is InChI=1S/C17H19N3O5S/c1-11(17(22)19-13-5-3-12(4-6-13)16(18)21)20-26(23,24)15-9-7-14(25-2)8-10-15/h3-11,20H,1-2H3,(H2,18,21)(H,19,22). The van der Waals surface area contributed by atoms with E-state index < -0.39 is 27.9 Å². The molecule has 0 saturated carbocycles. The van der Waals surface area contributed by atoms with Crippen LogP contribution < -0.4 is 20.5 Å². The number of benzene rings is 2. The van der Waals surface area contributed by atoms with Crippen molar-refractivity contribution in [3.63, 3.8) is 0 Å². The largest absolute Gasteiger partial charge is 0.497 e. The highest BCUT2D eigenvalue weighted by Gasteiger charge is 2.22. The minimum atomic E-state index is -3.87. The van der Waals surface area contributed by atoms with Gasteiger partial charge in [0.05, 0.1) is 18.0 Å². The van der Waals surface area contributed by atoms with E-state index in [2.05, 4.69) is 10.0 Å². The Morgan fingerprint density at radius 1 is 1.04 bits per heavy atom. The van der Waals surface area contributed by atoms with Crippen molar-refractivity contribution in [3.05, 3.63) is 54.1 Å². The van der Waals surface area contributed by atoms with Crippen LogP contribution in [0.15, 0.2) is 53.4 Å². The SMILES string of the molecule is COc1ccc(S(=O)(=O)NC(C)C(=O)Nc2ccc(C(N)=O)cc2)cc1. The summed E-state index contributed by atoms with van der Waals surface area (Å²) < 4.78 is 32.0. The molecule has 26 heavy (non-hydrogen) atoms. The molecule has 0 aliphatic carbocycles. The highest BCUT2D eigenvalue weighted by molar-refractivity contribution is 7.89. The Balaban J connectivity index is 2.03. The summed E-state index contributed by atoms with van der Waals surface area (Å²) in [4.78, 5) is 23.2. The van der Waals surface area contributed by atoms with Crippen molar-refractivity contribution in [1.82, 2.24) is 4.72 Å². The van der Waals surface area contributed by atoms with Gasteiger partial charge in [0.15, 0.2) is 0 Å². The summed E-state index contributed by atoms with van der Waals surface area (Å²) in [5.74, 6) is -0.605. The van der Waals surface area contributed by atoms with Gasteiger partial charge in [-0.15, -0.1) is 0 Å². The van der Waals surface area contributed by atoms with Crippen LogP contribution in [0.25, 0.3) is 0 Å². The maximum Gasteiger partial charge on any atom is 0.248 e. The van der Waals surface area contributed by atoms with E-state index in [0.717, 1.165) is 0 Å². The number of primary amides is 1. The molecule has 0 aliphatic rings. The molecule has 0 aliphatic heterocycles. The number of amides is 2. The van der Waals surface area contributed by atoms with E-state index in [1.54, 1.807) is 0 Å². The average Bonchev–Trinajstić information content (AvgIpc) is 2.61. The van der Waals surface area contributed by atoms with Crippen molar-refractivity contribution in [2.45, 2.75) is 17.9 Å². The zero-order valence-electron chi connectivity index (χ0n) is 14.2. The second kappa shape index (κ2) is 7.98. The Labute approximate surface area is 151 Å². The Kier molecular flexibility index (Phi) is 5.96. The van der Waals surface area contributed by atoms with Gasteiger partial charge in [-0.3, -0.25) is 9.59 Å². The van der Waals surface area contributed by atoms with E-state index >= 15 is 0 Å². The minimum absolute atomic E-state index is 0.0174. The van der Waals surface area contributed by atoms with Gasteiger partial charge in [-0.2, -0.15) is 4.72 Å². The van der Waals surface area contributed by atoms with Gasteiger partial charge >= 0.3 is 0 Å². The van der Waals surface area contributed by atoms with E-state index in [1.807, 2.05) is 0 Å². The molecule has 2 aromatic carbocycles. The van der Waals surface area contributed by atoms with Gasteiger partial charge in [0.2, 0.25) is 21.8 Å². The van der Waals surface area contributed by atoms with E-state index in [4.69, 9.17) is 10.5 Å². The summed E-state index contributed by atoms with van der Waals surface area (Å²) in [6.07, 6.45) is 0. The summed E-state index contributed by atoms with van der Waals surface area (Å²) in [7, 11) is -2.39. The van der Waals surface area contributed by atoms with Crippen LogP contribution in [0.2, 0.25) is 0 Å². The average molecular weight is 377 g/mol. The first-order valence-corrected chi connectivity index (χ1v) is 9.08. The van der Waals surface area contributed by atoms with Crippen molar-refractivity contribution in [2.24, 2.45) is 5.73 Å². The first kappa shape index (κ1) is 19.4. The quantitative estimate of drug-likeness (QED) is 0.666. The van der Waals surface area contributed by atoms with Crippen molar-refractivity contribution >= 4 is 27.5 Å². The number of ether oxygens (including phenoxy) is 1. The molecule has 9 heteroatoms. The zero-order chi connectivity index (χ0) is 19.3. The molecule has 0 saturated heterocycles. The molecule has 2 rings (SSSR count). The van der Waals surface area contributed by atoms with Crippen LogP contribution in [0.1, 0.15) is 17.3 Å². The lowest BCUT2D eigenvalue weighted by molar-refractivity contribution is -0.117. The molecule has 1 unspecified atom stereocenters. The number of methoxy groups -OCH3 is 1. The van der Waals surface area contributed by atoms with Gasteiger partial charge in [-0.1, -0.05) is 0 Å². The third-order valence-corrected chi connectivity index (χ3v) is 5.09. The van der Waals surface area contributed by atoms with Gasteiger partial charge in [0.25, 0.3) is 0 Å². The fourth-order valence-corrected chi connectivity index (χ4v) is 3.28. The molecule has 0 heterocycles. The number of carbonyl (C=O) groups excluding carboxylic acids is 2. The summed E-state index contributed by atoms with van der Waals surface area (Å²) in [5.41, 5.74) is 5.86. The van der Waals surface area contributed by atoms with E-state index in [-0.39, 0.29) is 4.90 Å². The zero-order valence-corrected chi connectivity index (χ0v) is 15.0. The van der Waals surface area contributed by atoms with E-state index in [1.165, 1.54) is 62.6 Å². The smallest absolute Gasteiger partial charge is 0.248 e. The summed E-state index contributed by atoms with van der Waals surface area (Å²) in [5, 5.41) is 2.56. The molecule has 2 amide bonds. The van der Waals surface area contributed by atoms with Gasteiger partial charge < -0.3 is 15.8 Å². The number of sulfonamides is 1. The molecule has 0 bridgehead atoms. The van der Waals surface area contributed by atoms with Crippen molar-refractivity contribution < 1.29 is 22.7 Å². The number of carbonyl (C=O) groups is 2. The van der Waals surface area contributed by atoms with Crippen LogP contribution >= 0.6 is 0 Å². The van der Waals surface area contributed by atoms with Crippen LogP contribution in [0.3, 0.4) is 0 Å². The lowest BCUT2D eigenvalue weighted by Crippen LogP contribution is -2.41. The Morgan fingerprint density at radius 2 is 1.62 bits per heavy atom. The van der Waals surface area contributed by atoms with Crippen LogP contribution in [0, 0.1) is 0 Å². The Hall–Kier alpha value is -2.91. The molecule has 4 N–H and O–H groups in total. The molecule has 8 nitrogen and oxygen atoms in total. The molecule has 1 atom stereocenters. The number of rotatable bonds is 7. The summed E-state index contributed by atoms with van der Waals surface area (Å²) in [6.45, 7) is 1.42. The van der Waals surface area contributed by atoms with Gasteiger partial charge in [-0.05, 0) is 55.5 Å². The van der Waals surface area contributed by atoms with Crippen molar-refractivity contribution in [1.29, 1.82) is 0 Å². The topological polar surface area (TPSA) is 128 Å². The predicted molar refractivity (Wildman–Crippen MR) is 96.4 cm³/mol. The lowest BCUT2D eigenvalue weighted by Gasteiger charge is -2.15. The molecule has 0 spiro atoms. The molecule has 0 radical (unpaired) electrons. The minimum Gasteiger partial charge on any atom is -0.497 e. The molecule has 0 aromatic heterocycles. The second-order valence-electron chi connectivity index (χ2n) is 5.45. The number of nitrogens with one attached hydrogen (secondary N) is 2. The van der Waals surface area contributed by atoms with Crippen molar-refractivity contribution in [2.75, 3.05) is 12.4 Å². The maximum atomic E-state index is 12.3. The lowest BCUT2D eigenvalue weighted by atomic mass is 10.2. The summed E-state index contributed by atoms with van der Waals surface area (Å²) in [6, 6.07) is 10.7. The predicted octanol–water partition coefficient (Wildman–Crippen LogP) is 1.10. The highest BCUT2D eigenvalue weighted by Crippen LogP contribution is 2.16. The third kappa shape index (κ3) is 4.80. The van der Waals surface area contributed by atoms with Gasteiger partial charge in [0, 0.05) is 11.3 Å². The van der Waals surface area contributed by atoms with Gasteiger partial charge in [0.1, 0.15) is 5.75 Å².